The predicted octanol–water partition coefficient (Wildman–Crippen LogP) is 6.61. The number of amides is 1. The van der Waals surface area contributed by atoms with E-state index in [4.69, 9.17) is 9.84 Å². The number of anilines is 2. The molecular weight excluding hydrogens is 627 g/mol. The highest BCUT2D eigenvalue weighted by atomic mass is 19.4. The number of H-pyrrole nitrogens is 1. The fourth-order valence-electron chi connectivity index (χ4n) is 6.69. The lowest BCUT2D eigenvalue weighted by Crippen LogP contribution is -2.37. The summed E-state index contributed by atoms with van der Waals surface area (Å²) in [6, 6.07) is 6.13. The molecule has 0 aromatic carbocycles. The number of carboxylic acid groups (broad SMARTS) is 1. The van der Waals surface area contributed by atoms with Gasteiger partial charge in [0.25, 0.3) is 5.91 Å². The lowest BCUT2D eigenvalue weighted by Gasteiger charge is -2.34. The number of halogens is 3. The Morgan fingerprint density at radius 3 is 2.54 bits per heavy atom. The number of aromatic amines is 1. The van der Waals surface area contributed by atoms with Crippen molar-refractivity contribution in [3.63, 3.8) is 0 Å². The number of methoxy groups -OCH3 is 1. The van der Waals surface area contributed by atoms with Crippen LogP contribution in [-0.4, -0.2) is 69.2 Å². The first-order valence-electron chi connectivity index (χ1n) is 16.1. The van der Waals surface area contributed by atoms with Crippen molar-refractivity contribution < 1.29 is 32.6 Å². The number of carbonyl (C=O) groups is 2. The smallest absolute Gasteiger partial charge is 0.418 e. The van der Waals surface area contributed by atoms with E-state index in [0.29, 0.717) is 50.0 Å². The normalized spacial score (nSPS) is 15.9. The second-order valence-corrected chi connectivity index (χ2v) is 13.0. The number of aliphatic carboxylic acids is 1. The van der Waals surface area contributed by atoms with Crippen LogP contribution in [0.4, 0.5) is 24.8 Å². The molecule has 4 heterocycles. The number of carbonyl (C=O) groups excluding carboxylic acids is 1. The average Bonchev–Trinajstić information content (AvgIpc) is 3.66. The molecule has 0 atom stereocenters. The maximum absolute atomic E-state index is 14.1. The molecule has 0 bridgehead atoms. The molecule has 14 heteroatoms. The number of hydrogen-bond acceptors (Lipinski definition) is 8. The van der Waals surface area contributed by atoms with Crippen LogP contribution in [0.25, 0.3) is 22.4 Å². The van der Waals surface area contributed by atoms with Crippen LogP contribution < -0.4 is 10.2 Å². The van der Waals surface area contributed by atoms with Crippen LogP contribution in [0.15, 0.2) is 36.7 Å². The number of aryl methyl sites for hydroxylation is 1. The van der Waals surface area contributed by atoms with Crippen molar-refractivity contribution in [2.45, 2.75) is 69.9 Å². The van der Waals surface area contributed by atoms with E-state index < -0.39 is 23.6 Å². The molecule has 0 radical (unpaired) electrons. The molecule has 11 nitrogen and oxygen atoms in total. The minimum absolute atomic E-state index is 0.0420. The van der Waals surface area contributed by atoms with Crippen LogP contribution in [0.2, 0.25) is 0 Å². The van der Waals surface area contributed by atoms with Gasteiger partial charge in [-0.25, -0.2) is 4.98 Å². The summed E-state index contributed by atoms with van der Waals surface area (Å²) in [5, 5.41) is 11.6. The molecule has 4 aromatic heterocycles. The number of fused-ring (bicyclic) bond motifs is 1. The molecule has 0 unspecified atom stereocenters. The monoisotopic (exact) mass is 665 g/mol. The standard InChI is InChI=1S/C34H38F3N7O4/c1-44(18-33(19-48-2)12-3-4-13-33)26-15-25(22-14-23(34(35,36)37)28(39-17-22)21-9-10-21)40-30-29(26)41-32(42-30)43-31(47)24-11-8-20(16-38-24)6-5-7-27(45)46/h8,11,14-17,21H,3-7,9-10,12-13,18-19H2,1-2H3,(H,45,46)(H2,40,41,42,43,47). The van der Waals surface area contributed by atoms with Crippen LogP contribution >= 0.6 is 0 Å². The second-order valence-electron chi connectivity index (χ2n) is 13.0. The van der Waals surface area contributed by atoms with Gasteiger partial charge in [0.1, 0.15) is 11.2 Å². The number of nitrogens with zero attached hydrogens (tertiary/aromatic N) is 5. The maximum atomic E-state index is 14.1. The minimum Gasteiger partial charge on any atom is -0.481 e. The highest BCUT2D eigenvalue weighted by Crippen LogP contribution is 2.46. The van der Waals surface area contributed by atoms with Crippen molar-refractivity contribution in [2.75, 3.05) is 37.5 Å². The van der Waals surface area contributed by atoms with E-state index in [-0.39, 0.29) is 52.0 Å². The molecule has 2 aliphatic rings. The fraction of sp³-hybridized carbons (Fsp3) is 0.471. The van der Waals surface area contributed by atoms with E-state index >= 15 is 0 Å². The number of nitrogens with one attached hydrogen (secondary N) is 2. The van der Waals surface area contributed by atoms with Gasteiger partial charge in [0, 0.05) is 56.4 Å². The van der Waals surface area contributed by atoms with E-state index in [0.717, 1.165) is 37.3 Å². The molecule has 4 aromatic rings. The van der Waals surface area contributed by atoms with Crippen molar-refractivity contribution in [1.29, 1.82) is 0 Å². The lowest BCUT2D eigenvalue weighted by atomic mass is 9.86. The van der Waals surface area contributed by atoms with Gasteiger partial charge in [0.05, 0.1) is 29.2 Å². The quantitative estimate of drug-likeness (QED) is 0.144. The van der Waals surface area contributed by atoms with Gasteiger partial charge < -0.3 is 19.7 Å². The van der Waals surface area contributed by atoms with Gasteiger partial charge >= 0.3 is 12.1 Å². The van der Waals surface area contributed by atoms with Crippen molar-refractivity contribution >= 4 is 34.7 Å². The van der Waals surface area contributed by atoms with E-state index in [1.165, 1.54) is 12.4 Å². The summed E-state index contributed by atoms with van der Waals surface area (Å²) in [4.78, 5) is 46.7. The van der Waals surface area contributed by atoms with Crippen LogP contribution in [0.1, 0.15) is 84.6 Å². The van der Waals surface area contributed by atoms with Crippen molar-refractivity contribution in [3.8, 4) is 11.3 Å². The molecule has 2 aliphatic carbocycles. The zero-order chi connectivity index (χ0) is 34.1. The Hall–Kier alpha value is -4.59. The first kappa shape index (κ1) is 33.3. The Kier molecular flexibility index (Phi) is 9.37. The van der Waals surface area contributed by atoms with E-state index in [1.54, 1.807) is 25.3 Å². The summed E-state index contributed by atoms with van der Waals surface area (Å²) in [6.07, 6.45) is 4.96. The highest BCUT2D eigenvalue weighted by Gasteiger charge is 2.40. The first-order valence-corrected chi connectivity index (χ1v) is 16.1. The zero-order valence-electron chi connectivity index (χ0n) is 26.9. The Bertz CT molecular complexity index is 1800. The number of rotatable bonds is 13. The maximum Gasteiger partial charge on any atom is 0.418 e. The molecule has 0 aliphatic heterocycles. The molecule has 0 spiro atoms. The molecule has 48 heavy (non-hydrogen) atoms. The summed E-state index contributed by atoms with van der Waals surface area (Å²) in [5.74, 6) is -1.48. The zero-order valence-corrected chi connectivity index (χ0v) is 26.9. The van der Waals surface area contributed by atoms with Crippen LogP contribution in [-0.2, 0) is 22.1 Å². The van der Waals surface area contributed by atoms with Crippen molar-refractivity contribution in [3.05, 3.63) is 59.2 Å². The Labute approximate surface area is 275 Å². The molecule has 2 saturated carbocycles. The number of hydrogen-bond donors (Lipinski definition) is 3. The minimum atomic E-state index is -4.56. The van der Waals surface area contributed by atoms with Crippen molar-refractivity contribution in [2.24, 2.45) is 5.41 Å². The van der Waals surface area contributed by atoms with Gasteiger partial charge in [0.2, 0.25) is 5.95 Å². The first-order chi connectivity index (χ1) is 22.9. The van der Waals surface area contributed by atoms with Gasteiger partial charge in [-0.3, -0.25) is 24.9 Å². The third kappa shape index (κ3) is 7.43. The summed E-state index contributed by atoms with van der Waals surface area (Å²) < 4.78 is 48.0. The second kappa shape index (κ2) is 13.5. The third-order valence-electron chi connectivity index (χ3n) is 9.17. The summed E-state index contributed by atoms with van der Waals surface area (Å²) in [5.41, 5.74) is 2.07. The van der Waals surface area contributed by atoms with E-state index in [9.17, 15) is 22.8 Å². The Morgan fingerprint density at radius 2 is 1.90 bits per heavy atom. The molecule has 6 rings (SSSR count). The summed E-state index contributed by atoms with van der Waals surface area (Å²) in [6.45, 7) is 1.21. The van der Waals surface area contributed by atoms with Gasteiger partial charge in [-0.05, 0) is 62.3 Å². The lowest BCUT2D eigenvalue weighted by molar-refractivity contribution is -0.138. The van der Waals surface area contributed by atoms with Crippen molar-refractivity contribution in [1.82, 2.24) is 24.9 Å². The number of pyridine rings is 3. The SMILES string of the molecule is COCC1(CN(C)c2cc(-c3cnc(C4CC4)c(C(F)(F)F)c3)nc3nc(NC(=O)c4ccc(CCCC(=O)O)cn4)[nH]c23)CCCC1. The average molecular weight is 666 g/mol. The molecule has 2 fully saturated rings. The number of carboxylic acids is 1. The molecule has 3 N–H and O–H groups in total. The highest BCUT2D eigenvalue weighted by molar-refractivity contribution is 6.03. The van der Waals surface area contributed by atoms with Gasteiger partial charge in [-0.15, -0.1) is 0 Å². The molecule has 254 valence electrons. The van der Waals surface area contributed by atoms with Crippen LogP contribution in [0.3, 0.4) is 0 Å². The number of imidazole rings is 1. The predicted molar refractivity (Wildman–Crippen MR) is 173 cm³/mol. The van der Waals surface area contributed by atoms with Crippen LogP contribution in [0.5, 0.6) is 0 Å². The molecule has 1 amide bonds. The van der Waals surface area contributed by atoms with Gasteiger partial charge in [0.15, 0.2) is 5.65 Å². The largest absolute Gasteiger partial charge is 0.481 e. The van der Waals surface area contributed by atoms with Crippen LogP contribution in [0, 0.1) is 5.41 Å². The Balaban J connectivity index is 1.33. The number of alkyl halides is 3. The molecular formula is C34H38F3N7O4. The summed E-state index contributed by atoms with van der Waals surface area (Å²) >= 11 is 0. The van der Waals surface area contributed by atoms with E-state index in [2.05, 4.69) is 30.2 Å². The summed E-state index contributed by atoms with van der Waals surface area (Å²) in [7, 11) is 3.61. The number of ether oxygens (including phenoxy) is 1. The third-order valence-corrected chi connectivity index (χ3v) is 9.17. The van der Waals surface area contributed by atoms with E-state index in [1.807, 2.05) is 11.9 Å². The van der Waals surface area contributed by atoms with Gasteiger partial charge in [-0.2, -0.15) is 18.2 Å². The molecule has 0 saturated heterocycles. The topological polar surface area (TPSA) is 146 Å². The Morgan fingerprint density at radius 1 is 1.12 bits per heavy atom. The fourth-order valence-corrected chi connectivity index (χ4v) is 6.69. The van der Waals surface area contributed by atoms with Gasteiger partial charge in [-0.1, -0.05) is 18.9 Å². The number of aromatic nitrogens is 5.